The second kappa shape index (κ2) is 9.66. The number of hydrogen-bond acceptors (Lipinski definition) is 5. The third kappa shape index (κ3) is 5.76. The summed E-state index contributed by atoms with van der Waals surface area (Å²) in [4.78, 5) is 24.2. The summed E-state index contributed by atoms with van der Waals surface area (Å²) in [7, 11) is 1.56. The van der Waals surface area contributed by atoms with Crippen molar-refractivity contribution in [1.29, 1.82) is 0 Å². The standard InChI is InChI=1S/C22H17BrN2O4/c1-28-19-11-7-16(8-12-19)22(27)29-20-9-5-15(6-10-20)14-24-25-21(26)17-3-2-4-18(23)13-17/h2-14H,1H3,(H,25,26). The summed E-state index contributed by atoms with van der Waals surface area (Å²) in [6.07, 6.45) is 1.50. The zero-order chi connectivity index (χ0) is 20.6. The van der Waals surface area contributed by atoms with E-state index in [0.717, 1.165) is 10.0 Å². The zero-order valence-electron chi connectivity index (χ0n) is 15.5. The fourth-order valence-corrected chi connectivity index (χ4v) is 2.77. The van der Waals surface area contributed by atoms with E-state index in [2.05, 4.69) is 26.5 Å². The van der Waals surface area contributed by atoms with Gasteiger partial charge < -0.3 is 9.47 Å². The van der Waals surface area contributed by atoms with Gasteiger partial charge in [-0.3, -0.25) is 4.79 Å². The Bertz CT molecular complexity index is 1030. The Hall–Kier alpha value is -3.45. The van der Waals surface area contributed by atoms with E-state index in [0.29, 0.717) is 22.6 Å². The molecule has 1 amide bonds. The van der Waals surface area contributed by atoms with Gasteiger partial charge in [0.2, 0.25) is 0 Å². The molecule has 0 aromatic heterocycles. The number of carbonyl (C=O) groups excluding carboxylic acids is 2. The van der Waals surface area contributed by atoms with Crippen LogP contribution in [0.2, 0.25) is 0 Å². The summed E-state index contributed by atoms with van der Waals surface area (Å²) in [5.74, 6) is 0.293. The van der Waals surface area contributed by atoms with Gasteiger partial charge in [-0.2, -0.15) is 5.10 Å². The van der Waals surface area contributed by atoms with Crippen LogP contribution in [0.4, 0.5) is 0 Å². The van der Waals surface area contributed by atoms with Gasteiger partial charge in [-0.1, -0.05) is 22.0 Å². The van der Waals surface area contributed by atoms with Crippen LogP contribution >= 0.6 is 15.9 Å². The molecule has 0 aliphatic rings. The van der Waals surface area contributed by atoms with Crippen LogP contribution < -0.4 is 14.9 Å². The Morgan fingerprint density at radius 3 is 2.28 bits per heavy atom. The van der Waals surface area contributed by atoms with Crippen molar-refractivity contribution < 1.29 is 19.1 Å². The van der Waals surface area contributed by atoms with E-state index in [1.54, 1.807) is 73.8 Å². The maximum absolute atomic E-state index is 12.2. The molecule has 7 heteroatoms. The lowest BCUT2D eigenvalue weighted by molar-refractivity contribution is 0.0734. The van der Waals surface area contributed by atoms with Crippen molar-refractivity contribution in [2.24, 2.45) is 5.10 Å². The molecule has 146 valence electrons. The second-order valence-electron chi connectivity index (χ2n) is 5.90. The molecule has 0 heterocycles. The van der Waals surface area contributed by atoms with Crippen LogP contribution in [0.15, 0.2) is 82.4 Å². The second-order valence-corrected chi connectivity index (χ2v) is 6.81. The average molecular weight is 453 g/mol. The molecule has 0 saturated carbocycles. The summed E-state index contributed by atoms with van der Waals surface area (Å²) >= 11 is 3.32. The van der Waals surface area contributed by atoms with E-state index in [1.807, 2.05) is 6.07 Å². The van der Waals surface area contributed by atoms with E-state index in [9.17, 15) is 9.59 Å². The number of benzene rings is 3. The van der Waals surface area contributed by atoms with Crippen LogP contribution in [0.5, 0.6) is 11.5 Å². The SMILES string of the molecule is COc1ccc(C(=O)Oc2ccc(C=NNC(=O)c3cccc(Br)c3)cc2)cc1. The molecule has 29 heavy (non-hydrogen) atoms. The molecule has 0 saturated heterocycles. The minimum Gasteiger partial charge on any atom is -0.497 e. The van der Waals surface area contributed by atoms with Crippen LogP contribution in [0, 0.1) is 0 Å². The normalized spacial score (nSPS) is 10.6. The first kappa shape index (κ1) is 20.3. The number of ether oxygens (including phenoxy) is 2. The lowest BCUT2D eigenvalue weighted by Crippen LogP contribution is -2.17. The quantitative estimate of drug-likeness (QED) is 0.259. The molecular formula is C22H17BrN2O4. The van der Waals surface area contributed by atoms with Crippen LogP contribution in [0.25, 0.3) is 0 Å². The maximum atomic E-state index is 12.2. The Morgan fingerprint density at radius 2 is 1.62 bits per heavy atom. The Morgan fingerprint density at radius 1 is 0.931 bits per heavy atom. The molecule has 0 bridgehead atoms. The number of methoxy groups -OCH3 is 1. The van der Waals surface area contributed by atoms with Crippen LogP contribution in [-0.4, -0.2) is 25.2 Å². The summed E-state index contributed by atoms with van der Waals surface area (Å²) in [6.45, 7) is 0. The summed E-state index contributed by atoms with van der Waals surface area (Å²) < 4.78 is 11.2. The molecule has 0 atom stereocenters. The van der Waals surface area contributed by atoms with Crippen molar-refractivity contribution >= 4 is 34.0 Å². The van der Waals surface area contributed by atoms with Crippen LogP contribution in [0.1, 0.15) is 26.3 Å². The van der Waals surface area contributed by atoms with Gasteiger partial charge in [-0.15, -0.1) is 0 Å². The number of hydrogen-bond donors (Lipinski definition) is 1. The van der Waals surface area contributed by atoms with E-state index < -0.39 is 5.97 Å². The van der Waals surface area contributed by atoms with Gasteiger partial charge in [0, 0.05) is 10.0 Å². The number of hydrazone groups is 1. The number of esters is 1. The fraction of sp³-hybridized carbons (Fsp3) is 0.0455. The summed E-state index contributed by atoms with van der Waals surface area (Å²) in [5, 5.41) is 3.94. The Kier molecular flexibility index (Phi) is 6.76. The predicted octanol–water partition coefficient (Wildman–Crippen LogP) is 4.44. The molecular weight excluding hydrogens is 436 g/mol. The van der Waals surface area contributed by atoms with Crippen molar-refractivity contribution in [3.63, 3.8) is 0 Å². The molecule has 1 N–H and O–H groups in total. The van der Waals surface area contributed by atoms with Gasteiger partial charge >= 0.3 is 5.97 Å². The third-order valence-electron chi connectivity index (χ3n) is 3.88. The molecule has 3 aromatic carbocycles. The Balaban J connectivity index is 1.56. The molecule has 6 nitrogen and oxygen atoms in total. The molecule has 0 spiro atoms. The summed E-state index contributed by atoms with van der Waals surface area (Å²) in [5.41, 5.74) is 4.13. The average Bonchev–Trinajstić information content (AvgIpc) is 2.75. The molecule has 0 radical (unpaired) electrons. The van der Waals surface area contributed by atoms with E-state index in [1.165, 1.54) is 6.21 Å². The minimum absolute atomic E-state index is 0.312. The first-order valence-electron chi connectivity index (χ1n) is 8.60. The fourth-order valence-electron chi connectivity index (χ4n) is 2.37. The molecule has 3 aromatic rings. The van der Waals surface area contributed by atoms with Crippen molar-refractivity contribution in [1.82, 2.24) is 5.43 Å². The van der Waals surface area contributed by atoms with Gasteiger partial charge in [0.25, 0.3) is 5.91 Å². The largest absolute Gasteiger partial charge is 0.497 e. The van der Waals surface area contributed by atoms with Gasteiger partial charge in [0.1, 0.15) is 11.5 Å². The number of rotatable bonds is 6. The monoisotopic (exact) mass is 452 g/mol. The highest BCUT2D eigenvalue weighted by Crippen LogP contribution is 2.16. The van der Waals surface area contributed by atoms with E-state index in [4.69, 9.17) is 9.47 Å². The minimum atomic E-state index is -0.463. The number of amides is 1. The molecule has 3 rings (SSSR count). The lowest BCUT2D eigenvalue weighted by Gasteiger charge is -2.05. The third-order valence-corrected chi connectivity index (χ3v) is 4.38. The highest BCUT2D eigenvalue weighted by Gasteiger charge is 2.08. The molecule has 0 aliphatic heterocycles. The number of halogens is 1. The molecule has 0 aliphatic carbocycles. The van der Waals surface area contributed by atoms with E-state index in [-0.39, 0.29) is 5.91 Å². The van der Waals surface area contributed by atoms with Crippen molar-refractivity contribution in [2.45, 2.75) is 0 Å². The van der Waals surface area contributed by atoms with Crippen molar-refractivity contribution in [3.05, 3.63) is 94.0 Å². The van der Waals surface area contributed by atoms with Gasteiger partial charge in [-0.05, 0) is 72.3 Å². The van der Waals surface area contributed by atoms with Gasteiger partial charge in [-0.25, -0.2) is 10.2 Å². The van der Waals surface area contributed by atoms with Crippen LogP contribution in [0.3, 0.4) is 0 Å². The first-order chi connectivity index (χ1) is 14.0. The van der Waals surface area contributed by atoms with Gasteiger partial charge in [0.05, 0.1) is 18.9 Å². The van der Waals surface area contributed by atoms with Crippen molar-refractivity contribution in [2.75, 3.05) is 7.11 Å². The molecule has 0 unspecified atom stereocenters. The number of nitrogens with zero attached hydrogens (tertiary/aromatic N) is 1. The lowest BCUT2D eigenvalue weighted by atomic mass is 10.2. The number of nitrogens with one attached hydrogen (secondary N) is 1. The van der Waals surface area contributed by atoms with Crippen LogP contribution in [-0.2, 0) is 0 Å². The zero-order valence-corrected chi connectivity index (χ0v) is 17.0. The van der Waals surface area contributed by atoms with Gasteiger partial charge in [0.15, 0.2) is 0 Å². The number of carbonyl (C=O) groups is 2. The first-order valence-corrected chi connectivity index (χ1v) is 9.40. The molecule has 0 fully saturated rings. The topological polar surface area (TPSA) is 77.0 Å². The Labute approximate surface area is 176 Å². The van der Waals surface area contributed by atoms with E-state index >= 15 is 0 Å². The highest BCUT2D eigenvalue weighted by molar-refractivity contribution is 9.10. The maximum Gasteiger partial charge on any atom is 0.343 e. The summed E-state index contributed by atoms with van der Waals surface area (Å²) in [6, 6.07) is 20.4. The predicted molar refractivity (Wildman–Crippen MR) is 114 cm³/mol. The highest BCUT2D eigenvalue weighted by atomic mass is 79.9. The smallest absolute Gasteiger partial charge is 0.343 e. The van der Waals surface area contributed by atoms with Crippen molar-refractivity contribution in [3.8, 4) is 11.5 Å².